The number of benzene rings is 3. The van der Waals surface area contributed by atoms with Gasteiger partial charge >= 0.3 is 0 Å². The SMILES string of the molecule is COc1cc(/C=C(\C#N)C(=O)Nc2cccc(Cl)c2)ccc1Cc1cc(C)cc(C)c1. The first-order valence-corrected chi connectivity index (χ1v) is 10.2. The second kappa shape index (κ2) is 9.97. The highest BCUT2D eigenvalue weighted by Crippen LogP contribution is 2.25. The first-order chi connectivity index (χ1) is 14.9. The molecule has 0 spiro atoms. The van der Waals surface area contributed by atoms with Crippen LogP contribution in [0.25, 0.3) is 6.08 Å². The summed E-state index contributed by atoms with van der Waals surface area (Å²) in [6.45, 7) is 4.17. The summed E-state index contributed by atoms with van der Waals surface area (Å²) < 4.78 is 5.58. The number of nitrogens with one attached hydrogen (secondary N) is 1. The standard InChI is InChI=1S/C26H23ClN2O2/c1-17-9-18(2)11-20(10-17)13-21-8-7-19(14-25(21)31-3)12-22(16-28)26(30)29-24-6-4-5-23(27)15-24/h4-12,14-15H,13H2,1-3H3,(H,29,30)/b22-12+. The number of nitriles is 1. The van der Waals surface area contributed by atoms with E-state index in [0.717, 1.165) is 12.0 Å². The van der Waals surface area contributed by atoms with E-state index < -0.39 is 5.91 Å². The van der Waals surface area contributed by atoms with Gasteiger partial charge in [0.05, 0.1) is 7.11 Å². The number of rotatable bonds is 6. The number of methoxy groups -OCH3 is 1. The van der Waals surface area contributed by atoms with Crippen LogP contribution >= 0.6 is 11.6 Å². The molecule has 0 aliphatic carbocycles. The molecule has 3 aromatic rings. The van der Waals surface area contributed by atoms with Gasteiger partial charge in [-0.1, -0.05) is 59.1 Å². The van der Waals surface area contributed by atoms with E-state index in [1.807, 2.05) is 24.3 Å². The molecule has 0 aliphatic heterocycles. The summed E-state index contributed by atoms with van der Waals surface area (Å²) in [7, 11) is 1.62. The molecule has 0 heterocycles. The number of anilines is 1. The van der Waals surface area contributed by atoms with Crippen LogP contribution < -0.4 is 10.1 Å². The van der Waals surface area contributed by atoms with Gasteiger partial charge in [0.2, 0.25) is 0 Å². The number of nitrogens with zero attached hydrogens (tertiary/aromatic N) is 1. The molecule has 0 atom stereocenters. The topological polar surface area (TPSA) is 62.1 Å². The summed E-state index contributed by atoms with van der Waals surface area (Å²) in [6, 6.07) is 20.9. The molecule has 3 rings (SSSR count). The van der Waals surface area contributed by atoms with Gasteiger partial charge in [0, 0.05) is 17.1 Å². The second-order valence-corrected chi connectivity index (χ2v) is 7.81. The molecule has 0 aromatic heterocycles. The minimum Gasteiger partial charge on any atom is -0.496 e. The number of carbonyl (C=O) groups is 1. The van der Waals surface area contributed by atoms with E-state index in [-0.39, 0.29) is 5.57 Å². The first kappa shape index (κ1) is 22.1. The maximum atomic E-state index is 12.5. The zero-order chi connectivity index (χ0) is 22.4. The summed E-state index contributed by atoms with van der Waals surface area (Å²) in [5.41, 5.74) is 5.91. The maximum absolute atomic E-state index is 12.5. The van der Waals surface area contributed by atoms with Crippen molar-refractivity contribution in [2.45, 2.75) is 20.3 Å². The lowest BCUT2D eigenvalue weighted by molar-refractivity contribution is -0.112. The van der Waals surface area contributed by atoms with Crippen molar-refractivity contribution in [2.75, 3.05) is 12.4 Å². The summed E-state index contributed by atoms with van der Waals surface area (Å²) in [4.78, 5) is 12.5. The smallest absolute Gasteiger partial charge is 0.266 e. The van der Waals surface area contributed by atoms with Gasteiger partial charge in [-0.2, -0.15) is 5.26 Å². The van der Waals surface area contributed by atoms with Crippen molar-refractivity contribution >= 4 is 29.3 Å². The van der Waals surface area contributed by atoms with E-state index in [9.17, 15) is 10.1 Å². The number of hydrogen-bond acceptors (Lipinski definition) is 3. The summed E-state index contributed by atoms with van der Waals surface area (Å²) in [5.74, 6) is 0.212. The highest BCUT2D eigenvalue weighted by atomic mass is 35.5. The van der Waals surface area contributed by atoms with Gasteiger partial charge in [0.15, 0.2) is 0 Å². The summed E-state index contributed by atoms with van der Waals surface area (Å²) >= 11 is 5.95. The van der Waals surface area contributed by atoms with Gasteiger partial charge in [-0.15, -0.1) is 0 Å². The predicted molar refractivity (Wildman–Crippen MR) is 125 cm³/mol. The first-order valence-electron chi connectivity index (χ1n) is 9.80. The van der Waals surface area contributed by atoms with Crippen LogP contribution in [0.4, 0.5) is 5.69 Å². The second-order valence-electron chi connectivity index (χ2n) is 7.38. The Labute approximate surface area is 187 Å². The number of aryl methyl sites for hydroxylation is 2. The Morgan fingerprint density at radius 3 is 2.48 bits per heavy atom. The molecular formula is C26H23ClN2O2. The zero-order valence-corrected chi connectivity index (χ0v) is 18.5. The highest BCUT2D eigenvalue weighted by Gasteiger charge is 2.11. The minimum atomic E-state index is -0.497. The lowest BCUT2D eigenvalue weighted by Gasteiger charge is -2.11. The van der Waals surface area contributed by atoms with E-state index in [1.165, 1.54) is 16.7 Å². The molecule has 5 heteroatoms. The van der Waals surface area contributed by atoms with Gasteiger partial charge < -0.3 is 10.1 Å². The van der Waals surface area contributed by atoms with Crippen molar-refractivity contribution in [1.29, 1.82) is 5.26 Å². The van der Waals surface area contributed by atoms with E-state index >= 15 is 0 Å². The Bertz CT molecular complexity index is 1170. The third-order valence-corrected chi connectivity index (χ3v) is 4.98. The van der Waals surface area contributed by atoms with E-state index in [0.29, 0.717) is 22.0 Å². The molecule has 0 saturated carbocycles. The number of ether oxygens (including phenoxy) is 1. The molecule has 0 radical (unpaired) electrons. The largest absolute Gasteiger partial charge is 0.496 e. The van der Waals surface area contributed by atoms with Gasteiger partial charge in [0.1, 0.15) is 17.4 Å². The lowest BCUT2D eigenvalue weighted by Crippen LogP contribution is -2.13. The van der Waals surface area contributed by atoms with Crippen molar-refractivity contribution in [3.63, 3.8) is 0 Å². The monoisotopic (exact) mass is 430 g/mol. The average Bonchev–Trinajstić information content (AvgIpc) is 2.72. The van der Waals surface area contributed by atoms with Gasteiger partial charge in [0.25, 0.3) is 5.91 Å². The quantitative estimate of drug-likeness (QED) is 0.379. The van der Waals surface area contributed by atoms with Crippen LogP contribution in [0.1, 0.15) is 27.8 Å². The summed E-state index contributed by atoms with van der Waals surface area (Å²) in [5, 5.41) is 12.7. The molecule has 0 saturated heterocycles. The predicted octanol–water partition coefficient (Wildman–Crippen LogP) is 6.10. The Hall–Kier alpha value is -3.55. The summed E-state index contributed by atoms with van der Waals surface area (Å²) in [6.07, 6.45) is 2.28. The van der Waals surface area contributed by atoms with Crippen LogP contribution in [-0.4, -0.2) is 13.0 Å². The van der Waals surface area contributed by atoms with E-state index in [1.54, 1.807) is 37.5 Å². The number of halogens is 1. The van der Waals surface area contributed by atoms with Crippen molar-refractivity contribution in [3.05, 3.63) is 99.1 Å². The van der Waals surface area contributed by atoms with Crippen molar-refractivity contribution in [2.24, 2.45) is 0 Å². The molecule has 4 nitrogen and oxygen atoms in total. The van der Waals surface area contributed by atoms with E-state index in [2.05, 4.69) is 37.4 Å². The Morgan fingerprint density at radius 2 is 1.84 bits per heavy atom. The van der Waals surface area contributed by atoms with Crippen LogP contribution in [0.3, 0.4) is 0 Å². The molecule has 156 valence electrons. The third kappa shape index (κ3) is 5.97. The van der Waals surface area contributed by atoms with Crippen molar-refractivity contribution < 1.29 is 9.53 Å². The molecule has 3 aromatic carbocycles. The number of amides is 1. The molecule has 0 bridgehead atoms. The number of hydrogen-bond donors (Lipinski definition) is 1. The normalized spacial score (nSPS) is 11.0. The van der Waals surface area contributed by atoms with Gasteiger partial charge in [-0.3, -0.25) is 4.79 Å². The molecule has 31 heavy (non-hydrogen) atoms. The fraction of sp³-hybridized carbons (Fsp3) is 0.154. The molecule has 1 N–H and O–H groups in total. The minimum absolute atomic E-state index is 0.0101. The average molecular weight is 431 g/mol. The fourth-order valence-corrected chi connectivity index (χ4v) is 3.66. The maximum Gasteiger partial charge on any atom is 0.266 e. The van der Waals surface area contributed by atoms with Gasteiger partial charge in [-0.25, -0.2) is 0 Å². The zero-order valence-electron chi connectivity index (χ0n) is 17.7. The molecule has 0 aliphatic rings. The lowest BCUT2D eigenvalue weighted by atomic mass is 9.98. The van der Waals surface area contributed by atoms with Crippen LogP contribution in [0, 0.1) is 25.2 Å². The molecule has 1 amide bonds. The van der Waals surface area contributed by atoms with Crippen LogP contribution in [0.5, 0.6) is 5.75 Å². The van der Waals surface area contributed by atoms with Crippen molar-refractivity contribution in [3.8, 4) is 11.8 Å². The molecular weight excluding hydrogens is 408 g/mol. The van der Waals surface area contributed by atoms with Crippen LogP contribution in [0.15, 0.2) is 66.2 Å². The Morgan fingerprint density at radius 1 is 1.10 bits per heavy atom. The van der Waals surface area contributed by atoms with Crippen molar-refractivity contribution in [1.82, 2.24) is 0 Å². The highest BCUT2D eigenvalue weighted by molar-refractivity contribution is 6.31. The van der Waals surface area contributed by atoms with E-state index in [4.69, 9.17) is 16.3 Å². The van der Waals surface area contributed by atoms with Crippen LogP contribution in [-0.2, 0) is 11.2 Å². The Kier molecular flexibility index (Phi) is 7.12. The molecule has 0 unspecified atom stereocenters. The molecule has 0 fully saturated rings. The van der Waals surface area contributed by atoms with Gasteiger partial charge in [-0.05, 0) is 60.9 Å². The fourth-order valence-electron chi connectivity index (χ4n) is 3.47. The van der Waals surface area contributed by atoms with Crippen LogP contribution in [0.2, 0.25) is 5.02 Å². The Balaban J connectivity index is 1.83. The number of carbonyl (C=O) groups excluding carboxylic acids is 1. The third-order valence-electron chi connectivity index (χ3n) is 4.75.